The smallest absolute Gasteiger partial charge is 0.142 e. The average molecular weight is 221 g/mol. The van der Waals surface area contributed by atoms with Crippen LogP contribution in [-0.4, -0.2) is 10.1 Å². The van der Waals surface area contributed by atoms with Crippen LogP contribution in [0, 0.1) is 11.6 Å². The van der Waals surface area contributed by atoms with E-state index in [1.807, 2.05) is 0 Å². The van der Waals surface area contributed by atoms with Crippen LogP contribution < -0.4 is 0 Å². The summed E-state index contributed by atoms with van der Waals surface area (Å²) < 4.78 is 26.1. The van der Waals surface area contributed by atoms with Gasteiger partial charge in [-0.25, -0.2) is 8.78 Å². The lowest BCUT2D eigenvalue weighted by Crippen LogP contribution is -1.89. The van der Waals surface area contributed by atoms with Gasteiger partial charge in [0.2, 0.25) is 0 Å². The lowest BCUT2D eigenvalue weighted by molar-refractivity contribution is 0.281. The topological polar surface area (TPSA) is 33.1 Å². The fourth-order valence-corrected chi connectivity index (χ4v) is 1.48. The Bertz CT molecular complexity index is 514. The van der Waals surface area contributed by atoms with Crippen molar-refractivity contribution in [1.82, 2.24) is 4.98 Å². The van der Waals surface area contributed by atoms with Gasteiger partial charge in [-0.15, -0.1) is 0 Å². The largest absolute Gasteiger partial charge is 0.392 e. The van der Waals surface area contributed by atoms with Gasteiger partial charge in [0.15, 0.2) is 0 Å². The molecule has 82 valence electrons. The normalized spacial score (nSPS) is 10.4. The number of hydrogen-bond acceptors (Lipinski definition) is 2. The highest BCUT2D eigenvalue weighted by Gasteiger charge is 2.04. The fourth-order valence-electron chi connectivity index (χ4n) is 1.48. The molecule has 0 fully saturated rings. The zero-order valence-electron chi connectivity index (χ0n) is 8.32. The molecular weight excluding hydrogens is 212 g/mol. The van der Waals surface area contributed by atoms with Crippen molar-refractivity contribution in [1.29, 1.82) is 0 Å². The first kappa shape index (κ1) is 10.7. The molecule has 2 rings (SSSR count). The predicted molar refractivity (Wildman–Crippen MR) is 55.5 cm³/mol. The number of hydrogen-bond donors (Lipinski definition) is 1. The summed E-state index contributed by atoms with van der Waals surface area (Å²) in [5.74, 6) is -0.946. The van der Waals surface area contributed by atoms with Crippen molar-refractivity contribution in [2.45, 2.75) is 6.61 Å². The molecule has 1 aromatic heterocycles. The molecule has 0 amide bonds. The van der Waals surface area contributed by atoms with Gasteiger partial charge in [-0.3, -0.25) is 4.98 Å². The van der Waals surface area contributed by atoms with E-state index in [4.69, 9.17) is 5.11 Å². The number of nitrogens with zero attached hydrogens (tertiary/aromatic N) is 1. The summed E-state index contributed by atoms with van der Waals surface area (Å²) >= 11 is 0. The molecule has 0 spiro atoms. The molecule has 0 aliphatic heterocycles. The second-order valence-corrected chi connectivity index (χ2v) is 3.40. The first-order valence-corrected chi connectivity index (χ1v) is 4.70. The summed E-state index contributed by atoms with van der Waals surface area (Å²) in [5.41, 5.74) is 1.42. The van der Waals surface area contributed by atoms with Crippen LogP contribution in [0.2, 0.25) is 0 Å². The standard InChI is InChI=1S/C12H9F2NO/c13-11-2-8(7-16)1-9(3-11)10-4-12(14)6-15-5-10/h1-6,16H,7H2. The van der Waals surface area contributed by atoms with Crippen molar-refractivity contribution in [3.8, 4) is 11.1 Å². The molecular formula is C12H9F2NO. The van der Waals surface area contributed by atoms with E-state index in [0.717, 1.165) is 6.20 Å². The lowest BCUT2D eigenvalue weighted by atomic mass is 10.0. The zero-order chi connectivity index (χ0) is 11.5. The molecule has 4 heteroatoms. The molecule has 0 aliphatic carbocycles. The van der Waals surface area contributed by atoms with E-state index < -0.39 is 11.6 Å². The van der Waals surface area contributed by atoms with Gasteiger partial charge >= 0.3 is 0 Å². The highest BCUT2D eigenvalue weighted by atomic mass is 19.1. The summed E-state index contributed by atoms with van der Waals surface area (Å²) in [6.45, 7) is -0.256. The molecule has 1 aromatic carbocycles. The highest BCUT2D eigenvalue weighted by molar-refractivity contribution is 5.63. The van der Waals surface area contributed by atoms with Gasteiger partial charge in [0.1, 0.15) is 11.6 Å². The van der Waals surface area contributed by atoms with Crippen LogP contribution in [0.4, 0.5) is 8.78 Å². The molecule has 1 heterocycles. The van der Waals surface area contributed by atoms with E-state index in [2.05, 4.69) is 4.98 Å². The van der Waals surface area contributed by atoms with Gasteiger partial charge in [0, 0.05) is 11.8 Å². The molecule has 0 saturated heterocycles. The molecule has 2 aromatic rings. The Morgan fingerprint density at radius 3 is 2.38 bits per heavy atom. The van der Waals surface area contributed by atoms with Gasteiger partial charge in [-0.05, 0) is 35.4 Å². The second-order valence-electron chi connectivity index (χ2n) is 3.40. The van der Waals surface area contributed by atoms with Crippen LogP contribution in [0.25, 0.3) is 11.1 Å². The Kier molecular flexibility index (Phi) is 2.92. The fraction of sp³-hybridized carbons (Fsp3) is 0.0833. The van der Waals surface area contributed by atoms with Crippen molar-refractivity contribution >= 4 is 0 Å². The maximum absolute atomic E-state index is 13.2. The number of pyridine rings is 1. The minimum atomic E-state index is -0.479. The predicted octanol–water partition coefficient (Wildman–Crippen LogP) is 2.52. The monoisotopic (exact) mass is 221 g/mol. The van der Waals surface area contributed by atoms with E-state index >= 15 is 0 Å². The van der Waals surface area contributed by atoms with Crippen LogP contribution in [0.1, 0.15) is 5.56 Å². The summed E-state index contributed by atoms with van der Waals surface area (Å²) in [7, 11) is 0. The Hall–Kier alpha value is -1.81. The molecule has 0 atom stereocenters. The average Bonchev–Trinajstić information content (AvgIpc) is 2.28. The summed E-state index contributed by atoms with van der Waals surface area (Å²) in [6.07, 6.45) is 2.52. The highest BCUT2D eigenvalue weighted by Crippen LogP contribution is 2.21. The maximum atomic E-state index is 13.2. The third-order valence-corrected chi connectivity index (χ3v) is 2.18. The number of aliphatic hydroxyl groups is 1. The van der Waals surface area contributed by atoms with Crippen LogP contribution >= 0.6 is 0 Å². The van der Waals surface area contributed by atoms with E-state index in [1.54, 1.807) is 6.07 Å². The van der Waals surface area contributed by atoms with Gasteiger partial charge in [-0.1, -0.05) is 0 Å². The molecule has 0 saturated carbocycles. The van der Waals surface area contributed by atoms with Crippen molar-refractivity contribution in [3.05, 3.63) is 53.9 Å². The first-order valence-electron chi connectivity index (χ1n) is 4.70. The molecule has 16 heavy (non-hydrogen) atoms. The second kappa shape index (κ2) is 4.37. The first-order chi connectivity index (χ1) is 7.69. The molecule has 0 bridgehead atoms. The summed E-state index contributed by atoms with van der Waals surface area (Å²) in [4.78, 5) is 3.69. The lowest BCUT2D eigenvalue weighted by Gasteiger charge is -2.04. The quantitative estimate of drug-likeness (QED) is 0.845. The maximum Gasteiger partial charge on any atom is 0.142 e. The SMILES string of the molecule is OCc1cc(F)cc(-c2cncc(F)c2)c1. The zero-order valence-corrected chi connectivity index (χ0v) is 8.32. The van der Waals surface area contributed by atoms with Gasteiger partial charge in [-0.2, -0.15) is 0 Å². The van der Waals surface area contributed by atoms with E-state index in [9.17, 15) is 8.78 Å². The van der Waals surface area contributed by atoms with Gasteiger partial charge < -0.3 is 5.11 Å². The number of aromatic nitrogens is 1. The number of halogens is 2. The van der Waals surface area contributed by atoms with E-state index in [0.29, 0.717) is 16.7 Å². The van der Waals surface area contributed by atoms with Crippen molar-refractivity contribution in [2.75, 3.05) is 0 Å². The van der Waals surface area contributed by atoms with Crippen LogP contribution in [0.15, 0.2) is 36.7 Å². The van der Waals surface area contributed by atoms with Crippen LogP contribution in [-0.2, 0) is 6.61 Å². The van der Waals surface area contributed by atoms with Crippen molar-refractivity contribution < 1.29 is 13.9 Å². The summed E-state index contributed by atoms with van der Waals surface area (Å²) in [5, 5.41) is 8.93. The number of aliphatic hydroxyl groups excluding tert-OH is 1. The van der Waals surface area contributed by atoms with Crippen molar-refractivity contribution in [3.63, 3.8) is 0 Å². The van der Waals surface area contributed by atoms with Gasteiger partial charge in [0.05, 0.1) is 12.8 Å². The minimum absolute atomic E-state index is 0.256. The molecule has 1 N–H and O–H groups in total. The molecule has 0 unspecified atom stereocenters. The Labute approximate surface area is 91.2 Å². The molecule has 0 aliphatic rings. The Morgan fingerprint density at radius 1 is 0.938 bits per heavy atom. The molecule has 0 radical (unpaired) electrons. The Morgan fingerprint density at radius 2 is 1.69 bits per heavy atom. The van der Waals surface area contributed by atoms with Crippen LogP contribution in [0.5, 0.6) is 0 Å². The number of benzene rings is 1. The summed E-state index contributed by atoms with van der Waals surface area (Å²) in [6, 6.07) is 5.37. The van der Waals surface area contributed by atoms with E-state index in [-0.39, 0.29) is 6.61 Å². The van der Waals surface area contributed by atoms with Gasteiger partial charge in [0.25, 0.3) is 0 Å². The molecule has 2 nitrogen and oxygen atoms in total. The van der Waals surface area contributed by atoms with E-state index in [1.165, 1.54) is 24.4 Å². The van der Waals surface area contributed by atoms with Crippen LogP contribution in [0.3, 0.4) is 0 Å². The number of rotatable bonds is 2. The minimum Gasteiger partial charge on any atom is -0.392 e. The third kappa shape index (κ3) is 2.23. The third-order valence-electron chi connectivity index (χ3n) is 2.18. The Balaban J connectivity index is 2.51. The van der Waals surface area contributed by atoms with Crippen molar-refractivity contribution in [2.24, 2.45) is 0 Å².